The molecule has 0 spiro atoms. The molecule has 0 saturated carbocycles. The third-order valence-electron chi connectivity index (χ3n) is 2.33. The predicted octanol–water partition coefficient (Wildman–Crippen LogP) is 3.49. The number of carbonyl (C=O) groups is 1. The van der Waals surface area contributed by atoms with Crippen LogP contribution in [0.3, 0.4) is 0 Å². The van der Waals surface area contributed by atoms with Gasteiger partial charge in [0.2, 0.25) is 5.78 Å². The lowest BCUT2D eigenvalue weighted by Gasteiger charge is -2.10. The lowest BCUT2D eigenvalue weighted by molar-refractivity contribution is -0.138. The number of benzene rings is 1. The molecule has 0 unspecified atom stereocenters. The van der Waals surface area contributed by atoms with E-state index in [9.17, 15) is 18.0 Å². The van der Waals surface area contributed by atoms with Gasteiger partial charge in [0.05, 0.1) is 11.8 Å². The van der Waals surface area contributed by atoms with Crippen LogP contribution in [-0.4, -0.2) is 15.8 Å². The average Bonchev–Trinajstić information content (AvgIpc) is 2.38. The van der Waals surface area contributed by atoms with Crippen molar-refractivity contribution in [3.8, 4) is 0 Å². The summed E-state index contributed by atoms with van der Waals surface area (Å²) in [5.41, 5.74) is -0.990. The van der Waals surface area contributed by atoms with Crippen LogP contribution in [0.2, 0.25) is 0 Å². The molecule has 1 aromatic heterocycles. The molecular formula is C12H6BrF3N2O. The summed E-state index contributed by atoms with van der Waals surface area (Å²) in [7, 11) is 0. The third-order valence-corrected chi connectivity index (χ3v) is 3.02. The smallest absolute Gasteiger partial charge is 0.287 e. The van der Waals surface area contributed by atoms with Gasteiger partial charge in [-0.25, -0.2) is 4.98 Å². The van der Waals surface area contributed by atoms with Gasteiger partial charge >= 0.3 is 6.18 Å². The molecule has 0 fully saturated rings. The van der Waals surface area contributed by atoms with Gasteiger partial charge in [0, 0.05) is 22.4 Å². The maximum absolute atomic E-state index is 12.7. The van der Waals surface area contributed by atoms with Crippen LogP contribution in [0.5, 0.6) is 0 Å². The molecular weight excluding hydrogens is 325 g/mol. The van der Waals surface area contributed by atoms with E-state index in [0.29, 0.717) is 0 Å². The minimum atomic E-state index is -4.53. The lowest BCUT2D eigenvalue weighted by atomic mass is 10.1. The molecule has 0 radical (unpaired) electrons. The Morgan fingerprint density at radius 2 is 1.95 bits per heavy atom. The van der Waals surface area contributed by atoms with Gasteiger partial charge in [0.25, 0.3) is 0 Å². The molecule has 7 heteroatoms. The molecule has 98 valence electrons. The first kappa shape index (κ1) is 13.7. The van der Waals surface area contributed by atoms with Gasteiger partial charge in [-0.15, -0.1) is 0 Å². The van der Waals surface area contributed by atoms with Crippen molar-refractivity contribution in [1.29, 1.82) is 0 Å². The van der Waals surface area contributed by atoms with Crippen LogP contribution in [0.25, 0.3) is 0 Å². The number of hydrogen-bond donors (Lipinski definition) is 0. The molecule has 19 heavy (non-hydrogen) atoms. The highest BCUT2D eigenvalue weighted by molar-refractivity contribution is 9.10. The number of hydrogen-bond acceptors (Lipinski definition) is 3. The summed E-state index contributed by atoms with van der Waals surface area (Å²) in [4.78, 5) is 19.4. The van der Waals surface area contributed by atoms with Crippen molar-refractivity contribution in [2.75, 3.05) is 0 Å². The number of nitrogens with zero attached hydrogens (tertiary/aromatic N) is 2. The maximum atomic E-state index is 12.7. The van der Waals surface area contributed by atoms with E-state index in [-0.39, 0.29) is 15.7 Å². The fourth-order valence-electron chi connectivity index (χ4n) is 1.45. The zero-order chi connectivity index (χ0) is 14.0. The molecule has 0 N–H and O–H groups in total. The van der Waals surface area contributed by atoms with E-state index >= 15 is 0 Å². The van der Waals surface area contributed by atoms with E-state index < -0.39 is 17.5 Å². The Kier molecular flexibility index (Phi) is 3.66. The van der Waals surface area contributed by atoms with Crippen molar-refractivity contribution < 1.29 is 18.0 Å². The van der Waals surface area contributed by atoms with Crippen molar-refractivity contribution >= 4 is 21.7 Å². The Morgan fingerprint density at radius 1 is 1.21 bits per heavy atom. The first-order valence-corrected chi connectivity index (χ1v) is 5.86. The number of halogens is 4. The summed E-state index contributed by atoms with van der Waals surface area (Å²) >= 11 is 2.81. The van der Waals surface area contributed by atoms with Crippen LogP contribution in [-0.2, 0) is 6.18 Å². The second-order valence-electron chi connectivity index (χ2n) is 3.61. The van der Waals surface area contributed by atoms with E-state index in [2.05, 4.69) is 25.9 Å². The van der Waals surface area contributed by atoms with Crippen molar-refractivity contribution in [1.82, 2.24) is 9.97 Å². The summed E-state index contributed by atoms with van der Waals surface area (Å²) in [6.07, 6.45) is -0.647. The fourth-order valence-corrected chi connectivity index (χ4v) is 1.92. The highest BCUT2D eigenvalue weighted by Gasteiger charge is 2.33. The Labute approximate surface area is 114 Å². The zero-order valence-electron chi connectivity index (χ0n) is 9.28. The number of carbonyl (C=O) groups excluding carboxylic acids is 1. The largest absolute Gasteiger partial charge is 0.417 e. The Bertz CT molecular complexity index is 614. The van der Waals surface area contributed by atoms with Crippen LogP contribution in [0.15, 0.2) is 41.3 Å². The van der Waals surface area contributed by atoms with Crippen molar-refractivity contribution in [2.45, 2.75) is 6.18 Å². The summed E-state index contributed by atoms with van der Waals surface area (Å²) < 4.78 is 38.1. The Morgan fingerprint density at radius 3 is 2.53 bits per heavy atom. The SMILES string of the molecule is O=C(c1ccc(Br)c(C(F)(F)F)c1)c1cnccn1. The topological polar surface area (TPSA) is 42.9 Å². The summed E-state index contributed by atoms with van der Waals surface area (Å²) in [6, 6.07) is 3.28. The molecule has 0 amide bonds. The molecule has 0 saturated heterocycles. The third kappa shape index (κ3) is 2.98. The van der Waals surface area contributed by atoms with Gasteiger partial charge < -0.3 is 0 Å². The van der Waals surface area contributed by atoms with Crippen LogP contribution in [0.4, 0.5) is 13.2 Å². The molecule has 0 aliphatic carbocycles. The van der Waals surface area contributed by atoms with Crippen molar-refractivity contribution in [2.24, 2.45) is 0 Å². The molecule has 0 aliphatic rings. The second-order valence-corrected chi connectivity index (χ2v) is 4.47. The molecule has 2 rings (SSSR count). The second kappa shape index (κ2) is 5.08. The Hall–Kier alpha value is -1.76. The van der Waals surface area contributed by atoms with E-state index in [1.165, 1.54) is 30.7 Å². The average molecular weight is 331 g/mol. The maximum Gasteiger partial charge on any atom is 0.417 e. The van der Waals surface area contributed by atoms with E-state index in [4.69, 9.17) is 0 Å². The van der Waals surface area contributed by atoms with Crippen LogP contribution in [0.1, 0.15) is 21.6 Å². The summed E-state index contributed by atoms with van der Waals surface area (Å²) in [5.74, 6) is -0.605. The van der Waals surface area contributed by atoms with Gasteiger partial charge in [-0.1, -0.05) is 15.9 Å². The molecule has 1 heterocycles. The van der Waals surface area contributed by atoms with E-state index in [1.807, 2.05) is 0 Å². The zero-order valence-corrected chi connectivity index (χ0v) is 10.9. The van der Waals surface area contributed by atoms with Gasteiger partial charge in [0.15, 0.2) is 0 Å². The first-order valence-electron chi connectivity index (χ1n) is 5.07. The molecule has 2 aromatic rings. The minimum Gasteiger partial charge on any atom is -0.287 e. The monoisotopic (exact) mass is 330 g/mol. The van der Waals surface area contributed by atoms with E-state index in [1.54, 1.807) is 0 Å². The quantitative estimate of drug-likeness (QED) is 0.791. The molecule has 0 aliphatic heterocycles. The number of rotatable bonds is 2. The van der Waals surface area contributed by atoms with Gasteiger partial charge in [-0.05, 0) is 18.2 Å². The number of alkyl halides is 3. The first-order chi connectivity index (χ1) is 8.89. The molecule has 0 bridgehead atoms. The van der Waals surface area contributed by atoms with Crippen molar-refractivity contribution in [3.05, 3.63) is 58.1 Å². The normalized spacial score (nSPS) is 11.4. The minimum absolute atomic E-state index is 0.00190. The lowest BCUT2D eigenvalue weighted by Crippen LogP contribution is -2.10. The molecule has 0 atom stereocenters. The van der Waals surface area contributed by atoms with Gasteiger partial charge in [0.1, 0.15) is 5.69 Å². The summed E-state index contributed by atoms with van der Waals surface area (Å²) in [5, 5.41) is 0. The highest BCUT2D eigenvalue weighted by atomic mass is 79.9. The molecule has 3 nitrogen and oxygen atoms in total. The van der Waals surface area contributed by atoms with Crippen molar-refractivity contribution in [3.63, 3.8) is 0 Å². The summed E-state index contributed by atoms with van der Waals surface area (Å²) in [6.45, 7) is 0. The molecule has 1 aromatic carbocycles. The van der Waals surface area contributed by atoms with E-state index in [0.717, 1.165) is 6.07 Å². The standard InChI is InChI=1S/C12H6BrF3N2O/c13-9-2-1-7(5-8(9)12(14,15)16)11(19)10-6-17-3-4-18-10/h1-6H. The fraction of sp³-hybridized carbons (Fsp3) is 0.0833. The van der Waals surface area contributed by atoms with Gasteiger partial charge in [-0.2, -0.15) is 13.2 Å². The van der Waals surface area contributed by atoms with Crippen LogP contribution in [0, 0.1) is 0 Å². The Balaban J connectivity index is 2.45. The number of aromatic nitrogens is 2. The van der Waals surface area contributed by atoms with Gasteiger partial charge in [-0.3, -0.25) is 9.78 Å². The highest BCUT2D eigenvalue weighted by Crippen LogP contribution is 2.35. The van der Waals surface area contributed by atoms with Crippen LogP contribution < -0.4 is 0 Å². The predicted molar refractivity (Wildman–Crippen MR) is 64.6 cm³/mol. The number of ketones is 1. The van der Waals surface area contributed by atoms with Crippen LogP contribution >= 0.6 is 15.9 Å².